The van der Waals surface area contributed by atoms with Crippen molar-refractivity contribution in [3.63, 3.8) is 0 Å². The molecule has 0 aromatic carbocycles. The number of nitrogens with zero attached hydrogens (tertiary/aromatic N) is 2. The van der Waals surface area contributed by atoms with Crippen LogP contribution in [-0.4, -0.2) is 201 Å². The van der Waals surface area contributed by atoms with Gasteiger partial charge >= 0.3 is 23.7 Å². The predicted octanol–water partition coefficient (Wildman–Crippen LogP) is -5.07. The summed E-state index contributed by atoms with van der Waals surface area (Å²) < 4.78 is 24.5. The van der Waals surface area contributed by atoms with E-state index in [1.54, 1.807) is 27.7 Å². The highest BCUT2D eigenvalue weighted by atomic mass is 16.7. The van der Waals surface area contributed by atoms with Gasteiger partial charge in [-0.3, -0.25) is 33.7 Å². The van der Waals surface area contributed by atoms with Crippen LogP contribution in [0.3, 0.4) is 0 Å². The molecule has 3 aliphatic rings. The molecule has 1 aromatic heterocycles. The number of hydrogen-bond acceptors (Lipinski definition) is 20. The van der Waals surface area contributed by atoms with Crippen LogP contribution < -0.4 is 54.2 Å². The Bertz CT molecular complexity index is 2080. The van der Waals surface area contributed by atoms with Crippen molar-refractivity contribution in [1.29, 1.82) is 0 Å². The Morgan fingerprint density at radius 1 is 0.887 bits per heavy atom. The number of carbonyl (C=O) groups excluding carboxylic acids is 3. The van der Waals surface area contributed by atoms with E-state index in [-0.39, 0.29) is 45.0 Å². The van der Waals surface area contributed by atoms with E-state index in [0.717, 1.165) is 36.1 Å². The van der Waals surface area contributed by atoms with Crippen LogP contribution in [0.2, 0.25) is 0 Å². The third-order valence-corrected chi connectivity index (χ3v) is 12.3. The summed E-state index contributed by atoms with van der Waals surface area (Å²) in [5.41, 5.74) is 4.11. The Hall–Kier alpha value is -5.30. The second kappa shape index (κ2) is 27.5. The number of urea groups is 1. The van der Waals surface area contributed by atoms with Gasteiger partial charge in [-0.15, -0.1) is 0 Å². The van der Waals surface area contributed by atoms with E-state index in [1.165, 1.54) is 7.11 Å². The van der Waals surface area contributed by atoms with E-state index < -0.39 is 144 Å². The summed E-state index contributed by atoms with van der Waals surface area (Å²) in [7, 11) is 1.28. The van der Waals surface area contributed by atoms with Crippen molar-refractivity contribution >= 4 is 35.7 Å². The molecule has 0 bridgehead atoms. The van der Waals surface area contributed by atoms with Crippen molar-refractivity contribution in [1.82, 2.24) is 46.8 Å². The van der Waals surface area contributed by atoms with E-state index in [2.05, 4.69) is 49.1 Å². The molecule has 4 heterocycles. The van der Waals surface area contributed by atoms with Crippen LogP contribution in [0.4, 0.5) is 4.79 Å². The fraction of sp³-hybridized carbons (Fsp3) is 0.767. The number of aliphatic imine (C=N–C) groups is 1. The first kappa shape index (κ1) is 58.3. The number of aromatic amines is 1. The van der Waals surface area contributed by atoms with Crippen molar-refractivity contribution in [3.05, 3.63) is 33.1 Å². The van der Waals surface area contributed by atoms with Crippen molar-refractivity contribution in [2.75, 3.05) is 39.8 Å². The Morgan fingerprint density at radius 3 is 2.20 bits per heavy atom. The van der Waals surface area contributed by atoms with Gasteiger partial charge in [0.25, 0.3) is 5.56 Å². The number of nitrogens with two attached hydrogens (primary N) is 1. The zero-order valence-electron chi connectivity index (χ0n) is 40.7. The number of carbonyl (C=O) groups is 5. The molecule has 16 N–H and O–H groups in total. The number of guanidine groups is 1. The van der Waals surface area contributed by atoms with Gasteiger partial charge in [0.1, 0.15) is 66.9 Å². The van der Waals surface area contributed by atoms with Gasteiger partial charge in [-0.2, -0.15) is 0 Å². The van der Waals surface area contributed by atoms with Crippen molar-refractivity contribution in [3.8, 4) is 0 Å². The average molecular weight is 1020 g/mol. The van der Waals surface area contributed by atoms with E-state index in [4.69, 9.17) is 24.7 Å². The molecule has 0 spiro atoms. The number of aromatic nitrogens is 2. The number of aliphatic hydroxyl groups is 4. The minimum Gasteiger partial charge on any atom is -0.480 e. The maximum Gasteiger partial charge on any atom is 0.330 e. The molecule has 15 atom stereocenters. The summed E-state index contributed by atoms with van der Waals surface area (Å²) in [5.74, 6) is -5.80. The minimum atomic E-state index is -1.90. The number of ether oxygens (including phenoxy) is 4. The zero-order chi connectivity index (χ0) is 52.7. The third-order valence-electron chi connectivity index (χ3n) is 12.3. The van der Waals surface area contributed by atoms with Crippen LogP contribution in [0.25, 0.3) is 0 Å². The Morgan fingerprint density at radius 2 is 1.59 bits per heavy atom. The first-order valence-electron chi connectivity index (χ1n) is 23.8. The number of unbranched alkanes of at least 4 members (excludes halogenated alkanes) is 2. The molecule has 4 rings (SSSR count). The summed E-state index contributed by atoms with van der Waals surface area (Å²) in [6, 6.07) is -7.07. The highest BCUT2D eigenvalue weighted by Crippen LogP contribution is 2.35. The van der Waals surface area contributed by atoms with Gasteiger partial charge in [0, 0.05) is 39.0 Å². The van der Waals surface area contributed by atoms with Crippen LogP contribution in [0.1, 0.15) is 73.0 Å². The molecule has 1 aromatic rings. The van der Waals surface area contributed by atoms with Crippen LogP contribution in [0.15, 0.2) is 26.8 Å². The maximum atomic E-state index is 14.0. The number of methoxy groups -OCH3 is 1. The zero-order valence-corrected chi connectivity index (χ0v) is 40.7. The first-order valence-corrected chi connectivity index (χ1v) is 23.8. The van der Waals surface area contributed by atoms with Gasteiger partial charge < -0.3 is 92.5 Å². The first-order chi connectivity index (χ1) is 33.6. The number of aliphatic hydroxyl groups excluding tert-OH is 4. The second-order valence-corrected chi connectivity index (χ2v) is 18.3. The maximum absolute atomic E-state index is 14.0. The van der Waals surface area contributed by atoms with Gasteiger partial charge in [0.2, 0.25) is 11.8 Å². The molecule has 2 fully saturated rings. The van der Waals surface area contributed by atoms with Crippen LogP contribution in [-0.2, 0) is 38.1 Å². The fourth-order valence-corrected chi connectivity index (χ4v) is 8.30. The van der Waals surface area contributed by atoms with Crippen molar-refractivity contribution in [2.24, 2.45) is 22.6 Å². The number of nitrogens with one attached hydrogen (secondary N) is 8. The number of amides is 4. The smallest absolute Gasteiger partial charge is 0.330 e. The molecule has 0 aliphatic carbocycles. The summed E-state index contributed by atoms with van der Waals surface area (Å²) in [5, 5.41) is 83.8. The molecule has 3 aliphatic heterocycles. The summed E-state index contributed by atoms with van der Waals surface area (Å²) >= 11 is 0. The lowest BCUT2D eigenvalue weighted by atomic mass is 9.97. The molecule has 0 radical (unpaired) electrons. The van der Waals surface area contributed by atoms with E-state index in [1.807, 2.05) is 4.98 Å². The molecule has 28 heteroatoms. The normalized spacial score (nSPS) is 26.9. The van der Waals surface area contributed by atoms with Crippen LogP contribution in [0, 0.1) is 11.8 Å². The standard InChI is InChI=1S/C43H73N11O17/c1-7-8-9-13-45-18-22-29(57)34(68-6)40(69-22)71-32(33-30(58)31(59)37(70-33)54-17-12-23(55)50-43(54)67)27(39(64)65)46-14-10-15-47-35(60)26(28(56)20(4)5)51-36(61)25(21-11-16-48-41(44)49-21)53-42(66)52-24(19(2)3)38(62)63/h12,17,19-22,24-34,37,40,45-46,56-59H,7-11,13-16,18H2,1-6H3,(H,47,60)(H,51,61)(H,62,63)(H,64,65)(H3,44,48,49)(H,50,55,67)(H2,52,53,66)/t21?,22-,24?,25?,26?,27?,28?,29-,30+,31-,32?,33+,34-,37-,40?/m1/s1. The van der Waals surface area contributed by atoms with Gasteiger partial charge in [0.05, 0.1) is 12.1 Å². The van der Waals surface area contributed by atoms with Crippen LogP contribution in [0.5, 0.6) is 0 Å². The SMILES string of the molecule is CCCCCNC[C@H]1OC(OC(C(NCCCNC(=O)C(NC(=O)C(NC(=O)NC(C(=O)O)C(C)C)C2CCN=C(N)N2)C(O)C(C)C)C(=O)O)[C@H]2O[C@@H](n3ccc(=O)[nH]c3=O)[C@H](O)[C@@H]2O)[C@H](OC)[C@@H]1O. The van der Waals surface area contributed by atoms with E-state index in [0.29, 0.717) is 6.54 Å². The molecule has 402 valence electrons. The van der Waals surface area contributed by atoms with Gasteiger partial charge in [0.15, 0.2) is 18.5 Å². The number of hydrogen-bond donors (Lipinski definition) is 15. The third kappa shape index (κ3) is 15.8. The molecule has 71 heavy (non-hydrogen) atoms. The predicted molar refractivity (Wildman–Crippen MR) is 250 cm³/mol. The molecule has 8 unspecified atom stereocenters. The lowest BCUT2D eigenvalue weighted by Gasteiger charge is -2.34. The monoisotopic (exact) mass is 1020 g/mol. The second-order valence-electron chi connectivity index (χ2n) is 18.3. The Balaban J connectivity index is 1.51. The summed E-state index contributed by atoms with van der Waals surface area (Å²) in [6.45, 7) is 8.98. The van der Waals surface area contributed by atoms with Crippen molar-refractivity contribution < 1.29 is 73.6 Å². The van der Waals surface area contributed by atoms with Crippen molar-refractivity contribution in [2.45, 2.75) is 158 Å². The van der Waals surface area contributed by atoms with E-state index >= 15 is 0 Å². The topological polar surface area (TPSA) is 421 Å². The molecular weight excluding hydrogens is 943 g/mol. The minimum absolute atomic E-state index is 0.00650. The fourth-order valence-electron chi connectivity index (χ4n) is 8.30. The highest BCUT2D eigenvalue weighted by molar-refractivity contribution is 5.94. The number of carboxylic acids is 2. The number of aliphatic carboxylic acids is 2. The summed E-state index contributed by atoms with van der Waals surface area (Å²) in [6.07, 6.45) is -11.1. The molecule has 28 nitrogen and oxygen atoms in total. The lowest BCUT2D eigenvalue weighted by molar-refractivity contribution is -0.231. The van der Waals surface area contributed by atoms with Crippen LogP contribution >= 0.6 is 0 Å². The average Bonchev–Trinajstić information content (AvgIpc) is 3.77. The van der Waals surface area contributed by atoms with Gasteiger partial charge in [-0.25, -0.2) is 14.4 Å². The van der Waals surface area contributed by atoms with Gasteiger partial charge in [-0.05, 0) is 44.2 Å². The number of carboxylic acid groups (broad SMARTS) is 2. The number of H-pyrrole nitrogens is 1. The largest absolute Gasteiger partial charge is 0.480 e. The molecule has 0 saturated carbocycles. The molecule has 4 amide bonds. The molecular formula is C43H73N11O17. The quantitative estimate of drug-likeness (QED) is 0.0349. The summed E-state index contributed by atoms with van der Waals surface area (Å²) in [4.78, 5) is 96.3. The highest BCUT2D eigenvalue weighted by Gasteiger charge is 2.54. The number of rotatable bonds is 28. The molecule has 2 saturated heterocycles. The van der Waals surface area contributed by atoms with Gasteiger partial charge in [-0.1, -0.05) is 47.5 Å². The Labute approximate surface area is 409 Å². The van der Waals surface area contributed by atoms with E-state index in [9.17, 15) is 64.2 Å². The Kier molecular flexibility index (Phi) is 22.6. The lowest BCUT2D eigenvalue weighted by Crippen LogP contribution is -2.66.